The van der Waals surface area contributed by atoms with Gasteiger partial charge >= 0.3 is 17.6 Å². The molecule has 0 N–H and O–H groups in total. The molecule has 0 aliphatic carbocycles. The van der Waals surface area contributed by atoms with Crippen LogP contribution >= 0.6 is 22.6 Å². The van der Waals surface area contributed by atoms with Gasteiger partial charge in [0.15, 0.2) is 0 Å². The molecule has 0 aliphatic rings. The molecule has 0 saturated carbocycles. The van der Waals surface area contributed by atoms with Crippen LogP contribution in [0.4, 0.5) is 5.69 Å². The molecule has 1 rings (SSSR count). The van der Waals surface area contributed by atoms with Gasteiger partial charge < -0.3 is 9.47 Å². The van der Waals surface area contributed by atoms with E-state index in [0.717, 1.165) is 14.0 Å². The summed E-state index contributed by atoms with van der Waals surface area (Å²) >= 11 is 1.81. The highest BCUT2D eigenvalue weighted by Crippen LogP contribution is 2.33. The third-order valence-electron chi connectivity index (χ3n) is 1.88. The first-order chi connectivity index (χ1) is 8.36. The number of nitro groups is 1. The third-order valence-corrected chi connectivity index (χ3v) is 2.50. The van der Waals surface area contributed by atoms with Gasteiger partial charge in [-0.3, -0.25) is 14.9 Å². The Kier molecular flexibility index (Phi) is 4.59. The fraction of sp³-hybridized carbons (Fsp3) is 0.200. The molecular formula is C10H8INO6. The summed E-state index contributed by atoms with van der Waals surface area (Å²) in [6.07, 6.45) is 0. The Hall–Kier alpha value is -1.71. The van der Waals surface area contributed by atoms with E-state index < -0.39 is 28.3 Å². The molecule has 0 amide bonds. The van der Waals surface area contributed by atoms with Crippen molar-refractivity contribution in [1.82, 2.24) is 0 Å². The average molecular weight is 365 g/mol. The standard InChI is InChI=1S/C10H8INO6/c1-5(13)18-9-7(10(14)17-2)3-6(11)4-8(9)12(15)16/h3-4H,1-2H3. The fourth-order valence-electron chi connectivity index (χ4n) is 1.23. The van der Waals surface area contributed by atoms with Crippen LogP contribution in [0.2, 0.25) is 0 Å². The van der Waals surface area contributed by atoms with Crippen molar-refractivity contribution in [2.45, 2.75) is 6.92 Å². The van der Waals surface area contributed by atoms with E-state index in [1.54, 1.807) is 0 Å². The molecule has 7 nitrogen and oxygen atoms in total. The Balaban J connectivity index is 3.51. The van der Waals surface area contributed by atoms with E-state index in [1.807, 2.05) is 22.6 Å². The van der Waals surface area contributed by atoms with Gasteiger partial charge in [-0.05, 0) is 28.7 Å². The van der Waals surface area contributed by atoms with Crippen LogP contribution in [-0.4, -0.2) is 24.0 Å². The van der Waals surface area contributed by atoms with Crippen molar-refractivity contribution < 1.29 is 24.0 Å². The number of carbonyl (C=O) groups is 2. The number of rotatable bonds is 3. The summed E-state index contributed by atoms with van der Waals surface area (Å²) in [7, 11) is 1.13. The molecule has 0 aromatic heterocycles. The van der Waals surface area contributed by atoms with Crippen molar-refractivity contribution >= 4 is 40.2 Å². The normalized spacial score (nSPS) is 9.72. The predicted octanol–water partition coefficient (Wildman–Crippen LogP) is 1.91. The molecule has 0 spiro atoms. The zero-order valence-corrected chi connectivity index (χ0v) is 11.6. The monoisotopic (exact) mass is 365 g/mol. The second kappa shape index (κ2) is 5.76. The van der Waals surface area contributed by atoms with Crippen LogP contribution in [0.25, 0.3) is 0 Å². The van der Waals surface area contributed by atoms with E-state index in [1.165, 1.54) is 12.1 Å². The molecule has 0 fully saturated rings. The van der Waals surface area contributed by atoms with E-state index >= 15 is 0 Å². The molecule has 0 bridgehead atoms. The second-order valence-electron chi connectivity index (χ2n) is 3.14. The highest BCUT2D eigenvalue weighted by Gasteiger charge is 2.26. The summed E-state index contributed by atoms with van der Waals surface area (Å²) in [5.41, 5.74) is -0.621. The van der Waals surface area contributed by atoms with Gasteiger partial charge in [0.2, 0.25) is 5.75 Å². The molecule has 18 heavy (non-hydrogen) atoms. The van der Waals surface area contributed by atoms with Crippen LogP contribution < -0.4 is 4.74 Å². The van der Waals surface area contributed by atoms with E-state index in [0.29, 0.717) is 3.57 Å². The van der Waals surface area contributed by atoms with Crippen LogP contribution in [0, 0.1) is 13.7 Å². The van der Waals surface area contributed by atoms with E-state index in [2.05, 4.69) is 4.74 Å². The number of nitrogens with zero attached hydrogens (tertiary/aromatic N) is 1. The zero-order chi connectivity index (χ0) is 13.9. The van der Waals surface area contributed by atoms with Gasteiger partial charge in [-0.15, -0.1) is 0 Å². The first-order valence-corrected chi connectivity index (χ1v) is 5.69. The molecule has 0 atom stereocenters. The van der Waals surface area contributed by atoms with Crippen LogP contribution in [0.15, 0.2) is 12.1 Å². The van der Waals surface area contributed by atoms with Crippen molar-refractivity contribution in [3.8, 4) is 5.75 Å². The van der Waals surface area contributed by atoms with Gasteiger partial charge in [0.1, 0.15) is 5.56 Å². The molecule has 8 heteroatoms. The lowest BCUT2D eigenvalue weighted by Gasteiger charge is -2.08. The zero-order valence-electron chi connectivity index (χ0n) is 9.43. The number of carbonyl (C=O) groups excluding carboxylic acids is 2. The lowest BCUT2D eigenvalue weighted by atomic mass is 10.1. The molecule has 96 valence electrons. The summed E-state index contributed by atoms with van der Waals surface area (Å²) in [4.78, 5) is 32.6. The highest BCUT2D eigenvalue weighted by molar-refractivity contribution is 14.1. The SMILES string of the molecule is COC(=O)c1cc(I)cc([N+](=O)[O-])c1OC(C)=O. The highest BCUT2D eigenvalue weighted by atomic mass is 127. The lowest BCUT2D eigenvalue weighted by Crippen LogP contribution is -2.11. The Morgan fingerprint density at radius 2 is 2.00 bits per heavy atom. The van der Waals surface area contributed by atoms with Gasteiger partial charge in [-0.1, -0.05) is 0 Å². The quantitative estimate of drug-likeness (QED) is 0.267. The number of hydrogen-bond acceptors (Lipinski definition) is 6. The number of nitro benzene ring substituents is 1. The van der Waals surface area contributed by atoms with E-state index in [4.69, 9.17) is 4.74 Å². The molecule has 0 unspecified atom stereocenters. The summed E-state index contributed by atoms with van der Waals surface area (Å²) in [5, 5.41) is 10.9. The van der Waals surface area contributed by atoms with Crippen molar-refractivity contribution in [3.05, 3.63) is 31.4 Å². The first kappa shape index (κ1) is 14.4. The molecular weight excluding hydrogens is 357 g/mol. The maximum atomic E-state index is 11.5. The number of benzene rings is 1. The topological polar surface area (TPSA) is 95.7 Å². The minimum atomic E-state index is -0.812. The molecule has 1 aromatic carbocycles. The smallest absolute Gasteiger partial charge is 0.341 e. The van der Waals surface area contributed by atoms with Crippen molar-refractivity contribution in [2.24, 2.45) is 0 Å². The second-order valence-corrected chi connectivity index (χ2v) is 4.39. The summed E-state index contributed by atoms with van der Waals surface area (Å²) in [6, 6.07) is 2.54. The third kappa shape index (κ3) is 3.15. The minimum Gasteiger partial charge on any atom is -0.465 e. The Morgan fingerprint density at radius 3 is 2.44 bits per heavy atom. The summed E-state index contributed by atoms with van der Waals surface area (Å²) < 4.78 is 9.68. The summed E-state index contributed by atoms with van der Waals surface area (Å²) in [6.45, 7) is 1.09. The van der Waals surface area contributed by atoms with Gasteiger partial charge in [0.05, 0.1) is 12.0 Å². The van der Waals surface area contributed by atoms with Crippen molar-refractivity contribution in [3.63, 3.8) is 0 Å². The molecule has 0 radical (unpaired) electrons. The van der Waals surface area contributed by atoms with Crippen molar-refractivity contribution in [2.75, 3.05) is 7.11 Å². The molecule has 0 heterocycles. The van der Waals surface area contributed by atoms with E-state index in [-0.39, 0.29) is 5.56 Å². The van der Waals surface area contributed by atoms with Crippen LogP contribution in [0.1, 0.15) is 17.3 Å². The Morgan fingerprint density at radius 1 is 1.39 bits per heavy atom. The molecule has 0 aliphatic heterocycles. The molecule has 1 aromatic rings. The fourth-order valence-corrected chi connectivity index (χ4v) is 1.83. The van der Waals surface area contributed by atoms with Crippen LogP contribution in [-0.2, 0) is 9.53 Å². The van der Waals surface area contributed by atoms with Gasteiger partial charge in [0.25, 0.3) is 0 Å². The number of methoxy groups -OCH3 is 1. The molecule has 0 saturated heterocycles. The van der Waals surface area contributed by atoms with Crippen LogP contribution in [0.3, 0.4) is 0 Å². The van der Waals surface area contributed by atoms with Crippen molar-refractivity contribution in [1.29, 1.82) is 0 Å². The van der Waals surface area contributed by atoms with Gasteiger partial charge in [-0.25, -0.2) is 4.79 Å². The maximum absolute atomic E-state index is 11.5. The van der Waals surface area contributed by atoms with Crippen LogP contribution in [0.5, 0.6) is 5.75 Å². The lowest BCUT2D eigenvalue weighted by molar-refractivity contribution is -0.385. The average Bonchev–Trinajstić information content (AvgIpc) is 2.28. The van der Waals surface area contributed by atoms with Gasteiger partial charge in [-0.2, -0.15) is 0 Å². The van der Waals surface area contributed by atoms with Gasteiger partial charge in [0, 0.05) is 16.6 Å². The largest absolute Gasteiger partial charge is 0.465 e. The first-order valence-electron chi connectivity index (χ1n) is 4.61. The Labute approximate surface area is 115 Å². The number of ether oxygens (including phenoxy) is 2. The number of esters is 2. The minimum absolute atomic E-state index is 0.161. The number of halogens is 1. The summed E-state index contributed by atoms with van der Waals surface area (Å²) in [5.74, 6) is -1.97. The number of hydrogen-bond donors (Lipinski definition) is 0. The predicted molar refractivity (Wildman–Crippen MR) is 68.5 cm³/mol. The maximum Gasteiger partial charge on any atom is 0.341 e. The Bertz CT molecular complexity index is 527. The van der Waals surface area contributed by atoms with E-state index in [9.17, 15) is 19.7 Å².